The third-order valence-corrected chi connectivity index (χ3v) is 4.38. The molecule has 0 fully saturated rings. The number of carboxylic acids is 1. The number of carbonyl (C=O) groups is 2. The summed E-state index contributed by atoms with van der Waals surface area (Å²) in [5, 5.41) is 14.0. The number of nitrogens with one attached hydrogen (secondary N) is 1. The number of carboxylic acid groups (broad SMARTS) is 1. The van der Waals surface area contributed by atoms with Crippen LogP contribution in [0, 0.1) is 0 Å². The third-order valence-electron chi connectivity index (χ3n) is 3.49. The van der Waals surface area contributed by atoms with Crippen molar-refractivity contribution in [2.45, 2.75) is 32.2 Å². The van der Waals surface area contributed by atoms with Gasteiger partial charge in [-0.15, -0.1) is 11.3 Å². The van der Waals surface area contributed by atoms with Crippen LogP contribution in [0.2, 0.25) is 0 Å². The molecule has 0 aliphatic carbocycles. The Morgan fingerprint density at radius 3 is 2.54 bits per heavy atom. The highest BCUT2D eigenvalue weighted by molar-refractivity contribution is 7.13. The lowest BCUT2D eigenvalue weighted by molar-refractivity contribution is -0.137. The van der Waals surface area contributed by atoms with E-state index >= 15 is 0 Å². The van der Waals surface area contributed by atoms with Gasteiger partial charge in [0.05, 0.1) is 7.11 Å². The summed E-state index contributed by atoms with van der Waals surface area (Å²) in [4.78, 5) is 27.4. The Morgan fingerprint density at radius 2 is 1.96 bits per heavy atom. The summed E-state index contributed by atoms with van der Waals surface area (Å²) in [6.07, 6.45) is 0.352. The summed E-state index contributed by atoms with van der Waals surface area (Å²) in [6.45, 7) is 3.59. The Kier molecular flexibility index (Phi) is 5.56. The van der Waals surface area contributed by atoms with Gasteiger partial charge in [-0.05, 0) is 44.5 Å². The van der Waals surface area contributed by atoms with Gasteiger partial charge in [0, 0.05) is 22.9 Å². The van der Waals surface area contributed by atoms with E-state index in [4.69, 9.17) is 9.84 Å². The fraction of sp³-hybridized carbons (Fsp3) is 0.353. The van der Waals surface area contributed by atoms with Crippen LogP contribution in [0.3, 0.4) is 0 Å². The molecule has 1 aromatic heterocycles. The number of hydrogen-bond donors (Lipinski definition) is 2. The van der Waals surface area contributed by atoms with E-state index in [2.05, 4.69) is 10.3 Å². The monoisotopic (exact) mass is 348 g/mol. The second-order valence-electron chi connectivity index (χ2n) is 6.00. The minimum Gasteiger partial charge on any atom is -0.497 e. The van der Waals surface area contributed by atoms with Gasteiger partial charge in [-0.1, -0.05) is 0 Å². The summed E-state index contributed by atoms with van der Waals surface area (Å²) in [6, 6.07) is 7.45. The van der Waals surface area contributed by atoms with Gasteiger partial charge in [-0.3, -0.25) is 9.59 Å². The Balaban J connectivity index is 2.06. The van der Waals surface area contributed by atoms with E-state index < -0.39 is 11.5 Å². The van der Waals surface area contributed by atoms with E-state index in [1.165, 1.54) is 11.3 Å². The topological polar surface area (TPSA) is 88.5 Å². The third kappa shape index (κ3) is 4.79. The fourth-order valence-electron chi connectivity index (χ4n) is 2.10. The molecule has 2 rings (SSSR count). The van der Waals surface area contributed by atoms with Crippen molar-refractivity contribution < 1.29 is 19.4 Å². The Labute approximate surface area is 144 Å². The Bertz CT molecular complexity index is 722. The first-order valence-corrected chi connectivity index (χ1v) is 8.33. The zero-order chi connectivity index (χ0) is 17.7. The van der Waals surface area contributed by atoms with Gasteiger partial charge in [0.2, 0.25) is 0 Å². The van der Waals surface area contributed by atoms with Crippen molar-refractivity contribution in [3.8, 4) is 16.3 Å². The van der Waals surface area contributed by atoms with E-state index in [9.17, 15) is 9.59 Å². The smallest absolute Gasteiger partial charge is 0.303 e. The molecule has 6 nitrogen and oxygen atoms in total. The molecule has 7 heteroatoms. The molecule has 2 N–H and O–H groups in total. The molecule has 0 unspecified atom stereocenters. The van der Waals surface area contributed by atoms with Crippen LogP contribution in [-0.4, -0.2) is 34.6 Å². The minimum absolute atomic E-state index is 0.00143. The van der Waals surface area contributed by atoms with Crippen LogP contribution < -0.4 is 10.1 Å². The zero-order valence-electron chi connectivity index (χ0n) is 13.8. The summed E-state index contributed by atoms with van der Waals surface area (Å²) >= 11 is 1.38. The average molecular weight is 348 g/mol. The van der Waals surface area contributed by atoms with Gasteiger partial charge >= 0.3 is 5.97 Å². The zero-order valence-corrected chi connectivity index (χ0v) is 14.6. The number of hydrogen-bond acceptors (Lipinski definition) is 5. The van der Waals surface area contributed by atoms with Crippen molar-refractivity contribution in [2.24, 2.45) is 0 Å². The van der Waals surface area contributed by atoms with Crippen LogP contribution in [0.25, 0.3) is 10.6 Å². The predicted octanol–water partition coefficient (Wildman–Crippen LogP) is 3.19. The maximum Gasteiger partial charge on any atom is 0.303 e. The van der Waals surface area contributed by atoms with Gasteiger partial charge in [0.15, 0.2) is 0 Å². The van der Waals surface area contributed by atoms with Crippen molar-refractivity contribution >= 4 is 23.2 Å². The largest absolute Gasteiger partial charge is 0.497 e. The molecular formula is C17H20N2O4S. The highest BCUT2D eigenvalue weighted by Crippen LogP contribution is 2.26. The van der Waals surface area contributed by atoms with Gasteiger partial charge < -0.3 is 15.2 Å². The number of benzene rings is 1. The van der Waals surface area contributed by atoms with E-state index in [1.807, 2.05) is 24.3 Å². The van der Waals surface area contributed by atoms with Gasteiger partial charge in [-0.25, -0.2) is 4.98 Å². The van der Waals surface area contributed by atoms with Crippen molar-refractivity contribution in [1.82, 2.24) is 10.3 Å². The maximum absolute atomic E-state index is 12.3. The highest BCUT2D eigenvalue weighted by atomic mass is 32.1. The molecule has 0 spiro atoms. The first kappa shape index (κ1) is 17.9. The summed E-state index contributed by atoms with van der Waals surface area (Å²) in [5.41, 5.74) is 0.624. The van der Waals surface area contributed by atoms with Crippen LogP contribution >= 0.6 is 11.3 Å². The van der Waals surface area contributed by atoms with E-state index in [-0.39, 0.29) is 12.3 Å². The maximum atomic E-state index is 12.3. The number of carbonyl (C=O) groups excluding carboxylic acids is 1. The van der Waals surface area contributed by atoms with Gasteiger partial charge in [0.25, 0.3) is 5.91 Å². The number of aromatic nitrogens is 1. The molecule has 0 bridgehead atoms. The number of nitrogens with zero attached hydrogens (tertiary/aromatic N) is 1. The lowest BCUT2D eigenvalue weighted by Crippen LogP contribution is -2.43. The molecule has 2 aromatic rings. The molecule has 0 saturated heterocycles. The molecule has 1 amide bonds. The molecule has 1 heterocycles. The molecule has 0 atom stereocenters. The normalized spacial score (nSPS) is 11.1. The molecule has 128 valence electrons. The van der Waals surface area contributed by atoms with Crippen molar-refractivity contribution in [1.29, 1.82) is 0 Å². The molecule has 1 aromatic carbocycles. The number of methoxy groups -OCH3 is 1. The van der Waals surface area contributed by atoms with Crippen LogP contribution in [0.15, 0.2) is 29.6 Å². The van der Waals surface area contributed by atoms with Crippen molar-refractivity contribution in [3.05, 3.63) is 35.3 Å². The number of rotatable bonds is 7. The molecule has 0 aliphatic heterocycles. The van der Waals surface area contributed by atoms with Crippen molar-refractivity contribution in [3.63, 3.8) is 0 Å². The first-order valence-electron chi connectivity index (χ1n) is 7.45. The van der Waals surface area contributed by atoms with E-state index in [0.29, 0.717) is 12.1 Å². The Hall–Kier alpha value is -2.41. The number of thiazole rings is 1. The fourth-order valence-corrected chi connectivity index (χ4v) is 2.90. The summed E-state index contributed by atoms with van der Waals surface area (Å²) < 4.78 is 5.12. The van der Waals surface area contributed by atoms with E-state index in [0.717, 1.165) is 16.3 Å². The molecule has 0 radical (unpaired) electrons. The van der Waals surface area contributed by atoms with Crippen LogP contribution in [0.4, 0.5) is 0 Å². The lowest BCUT2D eigenvalue weighted by atomic mass is 9.98. The van der Waals surface area contributed by atoms with Gasteiger partial charge in [-0.2, -0.15) is 0 Å². The summed E-state index contributed by atoms with van der Waals surface area (Å²) in [7, 11) is 1.60. The van der Waals surface area contributed by atoms with Gasteiger partial charge in [0.1, 0.15) is 16.5 Å². The van der Waals surface area contributed by atoms with Crippen LogP contribution in [-0.2, 0) is 4.79 Å². The van der Waals surface area contributed by atoms with E-state index in [1.54, 1.807) is 26.3 Å². The minimum atomic E-state index is -0.882. The SMILES string of the molecule is COc1ccc(-c2nc(C(=O)NC(C)(C)CCC(=O)O)cs2)cc1. The average Bonchev–Trinajstić information content (AvgIpc) is 3.03. The Morgan fingerprint density at radius 1 is 1.29 bits per heavy atom. The van der Waals surface area contributed by atoms with Crippen LogP contribution in [0.1, 0.15) is 37.2 Å². The van der Waals surface area contributed by atoms with Crippen molar-refractivity contribution in [2.75, 3.05) is 7.11 Å². The molecule has 24 heavy (non-hydrogen) atoms. The number of ether oxygens (including phenoxy) is 1. The second kappa shape index (κ2) is 7.44. The standard InChI is InChI=1S/C17H20N2O4S/c1-17(2,9-8-14(20)21)19-15(22)13-10-24-16(18-13)11-4-6-12(23-3)7-5-11/h4-7,10H,8-9H2,1-3H3,(H,19,22)(H,20,21). The van der Waals surface area contributed by atoms with Crippen LogP contribution in [0.5, 0.6) is 5.75 Å². The number of amides is 1. The lowest BCUT2D eigenvalue weighted by Gasteiger charge is -2.25. The predicted molar refractivity (Wildman–Crippen MR) is 92.5 cm³/mol. The quantitative estimate of drug-likeness (QED) is 0.802. The second-order valence-corrected chi connectivity index (χ2v) is 6.86. The molecule has 0 aliphatic rings. The summed E-state index contributed by atoms with van der Waals surface area (Å²) in [5.74, 6) is -0.428. The number of aliphatic carboxylic acids is 1. The first-order chi connectivity index (χ1) is 11.3. The highest BCUT2D eigenvalue weighted by Gasteiger charge is 2.23. The molecule has 0 saturated carbocycles. The molecular weight excluding hydrogens is 328 g/mol.